The van der Waals surface area contributed by atoms with E-state index in [2.05, 4.69) is 5.32 Å². The average molecular weight is 296 g/mol. The molecule has 1 aromatic rings. The number of rotatable bonds is 7. The summed E-state index contributed by atoms with van der Waals surface area (Å²) in [6.07, 6.45) is 2.84. The van der Waals surface area contributed by atoms with Crippen molar-refractivity contribution in [3.8, 4) is 0 Å². The highest BCUT2D eigenvalue weighted by Gasteiger charge is 2.38. The second-order valence-electron chi connectivity index (χ2n) is 5.42. The van der Waals surface area contributed by atoms with Gasteiger partial charge in [-0.1, -0.05) is 19.1 Å². The van der Waals surface area contributed by atoms with E-state index in [4.69, 9.17) is 0 Å². The number of hydrogen-bond donors (Lipinski definition) is 1. The molecule has 5 heteroatoms. The molecule has 0 radical (unpaired) electrons. The van der Waals surface area contributed by atoms with Crippen molar-refractivity contribution in [1.29, 1.82) is 0 Å². The molecule has 1 N–H and O–H groups in total. The maximum Gasteiger partial charge on any atom is 0.243 e. The first-order valence-electron chi connectivity index (χ1n) is 7.27. The van der Waals surface area contributed by atoms with Crippen LogP contribution in [0, 0.1) is 6.92 Å². The third-order valence-electron chi connectivity index (χ3n) is 3.75. The summed E-state index contributed by atoms with van der Waals surface area (Å²) in [6.45, 7) is 5.22. The maximum absolute atomic E-state index is 12.9. The molecule has 112 valence electrons. The van der Waals surface area contributed by atoms with Crippen LogP contribution >= 0.6 is 0 Å². The van der Waals surface area contributed by atoms with E-state index in [0.717, 1.165) is 30.4 Å². The van der Waals surface area contributed by atoms with Crippen molar-refractivity contribution in [1.82, 2.24) is 9.62 Å². The van der Waals surface area contributed by atoms with Gasteiger partial charge in [0.25, 0.3) is 0 Å². The normalized spacial score (nSPS) is 15.8. The second kappa shape index (κ2) is 6.24. The second-order valence-corrected chi connectivity index (χ2v) is 7.28. The van der Waals surface area contributed by atoms with Crippen LogP contribution in [-0.2, 0) is 16.6 Å². The lowest BCUT2D eigenvalue weighted by molar-refractivity contribution is 0.403. The summed E-state index contributed by atoms with van der Waals surface area (Å²) in [4.78, 5) is 0.464. The van der Waals surface area contributed by atoms with Gasteiger partial charge in [0, 0.05) is 19.1 Å². The molecule has 0 amide bonds. The molecule has 0 spiro atoms. The predicted octanol–water partition coefficient (Wildman–Crippen LogP) is 2.28. The van der Waals surface area contributed by atoms with Crippen LogP contribution in [-0.4, -0.2) is 32.4 Å². The van der Waals surface area contributed by atoms with Crippen LogP contribution in [0.1, 0.15) is 37.3 Å². The highest BCUT2D eigenvalue weighted by molar-refractivity contribution is 7.89. The van der Waals surface area contributed by atoms with E-state index in [1.165, 1.54) is 0 Å². The molecule has 0 aliphatic heterocycles. The first kappa shape index (κ1) is 15.5. The zero-order chi connectivity index (χ0) is 14.8. The Balaban J connectivity index is 2.40. The molecule has 1 aromatic carbocycles. The number of hydrogen-bond acceptors (Lipinski definition) is 3. The summed E-state index contributed by atoms with van der Waals surface area (Å²) in [5.74, 6) is 0. The van der Waals surface area contributed by atoms with E-state index >= 15 is 0 Å². The fourth-order valence-corrected chi connectivity index (χ4v) is 4.58. The predicted molar refractivity (Wildman–Crippen MR) is 81.1 cm³/mol. The van der Waals surface area contributed by atoms with Crippen LogP contribution < -0.4 is 5.32 Å². The number of sulfonamides is 1. The summed E-state index contributed by atoms with van der Waals surface area (Å²) in [6, 6.07) is 5.76. The quantitative estimate of drug-likeness (QED) is 0.840. The summed E-state index contributed by atoms with van der Waals surface area (Å²) in [7, 11) is -1.50. The minimum absolute atomic E-state index is 0.215. The van der Waals surface area contributed by atoms with E-state index < -0.39 is 10.0 Å². The third-order valence-corrected chi connectivity index (χ3v) is 5.84. The molecule has 0 heterocycles. The molecule has 0 atom stereocenters. The fraction of sp³-hybridized carbons (Fsp3) is 0.600. The Morgan fingerprint density at radius 3 is 2.60 bits per heavy atom. The standard InChI is InChI=1S/C15H24N2O2S/c1-4-10-17(14-8-9-14)20(18,19)15-7-5-6-13(11-16-3)12(15)2/h5-7,14,16H,4,8-11H2,1-3H3. The average Bonchev–Trinajstić information content (AvgIpc) is 3.22. The number of nitrogens with one attached hydrogen (secondary N) is 1. The molecule has 0 saturated heterocycles. The highest BCUT2D eigenvalue weighted by atomic mass is 32.2. The largest absolute Gasteiger partial charge is 0.316 e. The Morgan fingerprint density at radius 1 is 1.35 bits per heavy atom. The first-order valence-corrected chi connectivity index (χ1v) is 8.71. The molecule has 4 nitrogen and oxygen atoms in total. The van der Waals surface area contributed by atoms with Crippen molar-refractivity contribution in [2.75, 3.05) is 13.6 Å². The van der Waals surface area contributed by atoms with Crippen LogP contribution in [0.15, 0.2) is 23.1 Å². The van der Waals surface area contributed by atoms with E-state index in [9.17, 15) is 8.42 Å². The lowest BCUT2D eigenvalue weighted by Crippen LogP contribution is -2.34. The van der Waals surface area contributed by atoms with Gasteiger partial charge in [0.05, 0.1) is 4.90 Å². The topological polar surface area (TPSA) is 49.4 Å². The van der Waals surface area contributed by atoms with Crippen molar-refractivity contribution in [2.45, 2.75) is 50.6 Å². The molecule has 1 fully saturated rings. The Morgan fingerprint density at radius 2 is 2.05 bits per heavy atom. The molecule has 1 aliphatic rings. The van der Waals surface area contributed by atoms with Crippen molar-refractivity contribution >= 4 is 10.0 Å². The Hall–Kier alpha value is -0.910. The molecule has 1 aliphatic carbocycles. The van der Waals surface area contributed by atoms with E-state index in [-0.39, 0.29) is 6.04 Å². The Labute approximate surface area is 122 Å². The van der Waals surface area contributed by atoms with E-state index in [0.29, 0.717) is 18.0 Å². The summed E-state index contributed by atoms with van der Waals surface area (Å²) < 4.78 is 27.5. The lowest BCUT2D eigenvalue weighted by atomic mass is 10.1. The van der Waals surface area contributed by atoms with Crippen molar-refractivity contribution in [3.63, 3.8) is 0 Å². The monoisotopic (exact) mass is 296 g/mol. The smallest absolute Gasteiger partial charge is 0.243 e. The highest BCUT2D eigenvalue weighted by Crippen LogP contribution is 2.33. The number of nitrogens with zero attached hydrogens (tertiary/aromatic N) is 1. The van der Waals surface area contributed by atoms with Crippen LogP contribution in [0.4, 0.5) is 0 Å². The van der Waals surface area contributed by atoms with Gasteiger partial charge < -0.3 is 5.32 Å². The Bertz CT molecular complexity index is 565. The minimum Gasteiger partial charge on any atom is -0.316 e. The van der Waals surface area contributed by atoms with Crippen LogP contribution in [0.5, 0.6) is 0 Å². The molecule has 0 unspecified atom stereocenters. The SMILES string of the molecule is CCCN(C1CC1)S(=O)(=O)c1cccc(CNC)c1C. The number of benzene rings is 1. The molecule has 0 bridgehead atoms. The van der Waals surface area contributed by atoms with Gasteiger partial charge in [-0.3, -0.25) is 0 Å². The zero-order valence-corrected chi connectivity index (χ0v) is 13.3. The van der Waals surface area contributed by atoms with Gasteiger partial charge in [-0.2, -0.15) is 4.31 Å². The van der Waals surface area contributed by atoms with Gasteiger partial charge in [-0.25, -0.2) is 8.42 Å². The molecular formula is C15H24N2O2S. The summed E-state index contributed by atoms with van der Waals surface area (Å²) in [5, 5.41) is 3.08. The minimum atomic E-state index is -3.37. The third kappa shape index (κ3) is 3.05. The summed E-state index contributed by atoms with van der Waals surface area (Å²) >= 11 is 0. The van der Waals surface area contributed by atoms with Gasteiger partial charge in [0.1, 0.15) is 0 Å². The van der Waals surface area contributed by atoms with Crippen molar-refractivity contribution in [3.05, 3.63) is 29.3 Å². The summed E-state index contributed by atoms with van der Waals surface area (Å²) in [5.41, 5.74) is 1.91. The van der Waals surface area contributed by atoms with E-state index in [1.807, 2.05) is 33.0 Å². The van der Waals surface area contributed by atoms with Gasteiger partial charge in [-0.05, 0) is 50.4 Å². The molecule has 1 saturated carbocycles. The lowest BCUT2D eigenvalue weighted by Gasteiger charge is -2.23. The molecular weight excluding hydrogens is 272 g/mol. The van der Waals surface area contributed by atoms with Crippen LogP contribution in [0.2, 0.25) is 0 Å². The van der Waals surface area contributed by atoms with Gasteiger partial charge in [-0.15, -0.1) is 0 Å². The fourth-order valence-electron chi connectivity index (χ4n) is 2.53. The zero-order valence-electron chi connectivity index (χ0n) is 12.5. The Kier molecular flexibility index (Phi) is 4.83. The van der Waals surface area contributed by atoms with Gasteiger partial charge in [0.15, 0.2) is 0 Å². The first-order chi connectivity index (χ1) is 9.52. The molecule has 0 aromatic heterocycles. The molecule has 20 heavy (non-hydrogen) atoms. The maximum atomic E-state index is 12.9. The van der Waals surface area contributed by atoms with Crippen molar-refractivity contribution in [2.24, 2.45) is 0 Å². The van der Waals surface area contributed by atoms with Gasteiger partial charge >= 0.3 is 0 Å². The van der Waals surface area contributed by atoms with Crippen molar-refractivity contribution < 1.29 is 8.42 Å². The van der Waals surface area contributed by atoms with Crippen LogP contribution in [0.25, 0.3) is 0 Å². The van der Waals surface area contributed by atoms with Crippen LogP contribution in [0.3, 0.4) is 0 Å². The molecule has 2 rings (SSSR count). The van der Waals surface area contributed by atoms with E-state index in [1.54, 1.807) is 10.4 Å². The van der Waals surface area contributed by atoms with Gasteiger partial charge in [0.2, 0.25) is 10.0 Å².